The van der Waals surface area contributed by atoms with Crippen molar-refractivity contribution in [1.82, 2.24) is 19.9 Å². The lowest BCUT2D eigenvalue weighted by Gasteiger charge is -2.10. The molecule has 0 aliphatic carbocycles. The molecule has 0 amide bonds. The van der Waals surface area contributed by atoms with Gasteiger partial charge >= 0.3 is 0 Å². The van der Waals surface area contributed by atoms with Crippen molar-refractivity contribution in [2.75, 3.05) is 0 Å². The first-order valence-corrected chi connectivity index (χ1v) is 5.72. The first-order valence-electron chi connectivity index (χ1n) is 5.72. The van der Waals surface area contributed by atoms with Crippen molar-refractivity contribution in [3.63, 3.8) is 0 Å². The number of pyridine rings is 1. The molecule has 18 heavy (non-hydrogen) atoms. The number of dihydropyridines is 1. The molecule has 0 radical (unpaired) electrons. The highest BCUT2D eigenvalue weighted by atomic mass is 15.0. The van der Waals surface area contributed by atoms with E-state index in [4.69, 9.17) is 0 Å². The quantitative estimate of drug-likeness (QED) is 0.801. The summed E-state index contributed by atoms with van der Waals surface area (Å²) < 4.78 is 0. The topological polar surface area (TPSA) is 63.9 Å². The molecule has 0 spiro atoms. The summed E-state index contributed by atoms with van der Waals surface area (Å²) in [4.78, 5) is 21.4. The second kappa shape index (κ2) is 4.83. The van der Waals surface area contributed by atoms with Gasteiger partial charge in [0.1, 0.15) is 18.1 Å². The minimum Gasteiger partial charge on any atom is -0.281 e. The van der Waals surface area contributed by atoms with Crippen LogP contribution < -0.4 is 0 Å². The van der Waals surface area contributed by atoms with Crippen molar-refractivity contribution in [2.24, 2.45) is 4.99 Å². The Kier molecular flexibility index (Phi) is 2.87. The highest BCUT2D eigenvalue weighted by molar-refractivity contribution is 5.72. The molecule has 88 valence electrons. The maximum Gasteiger partial charge on any atom is 0.181 e. The molecule has 1 atom stereocenters. The van der Waals surface area contributed by atoms with Crippen LogP contribution in [0.15, 0.2) is 47.9 Å². The molecule has 2 aromatic heterocycles. The van der Waals surface area contributed by atoms with E-state index in [2.05, 4.69) is 31.0 Å². The number of aromatic nitrogens is 4. The van der Waals surface area contributed by atoms with Gasteiger partial charge in [0.2, 0.25) is 0 Å². The molecule has 1 aliphatic rings. The number of allylic oxidation sites excluding steroid dienone is 1. The van der Waals surface area contributed by atoms with Crippen LogP contribution in [-0.4, -0.2) is 26.2 Å². The van der Waals surface area contributed by atoms with E-state index < -0.39 is 0 Å². The van der Waals surface area contributed by atoms with Gasteiger partial charge < -0.3 is 0 Å². The second-order valence-corrected chi connectivity index (χ2v) is 3.86. The highest BCUT2D eigenvalue weighted by Crippen LogP contribution is 2.21. The number of rotatable bonds is 2. The summed E-state index contributed by atoms with van der Waals surface area (Å²) in [5.41, 5.74) is 0.747. The molecular weight excluding hydrogens is 226 g/mol. The molecule has 0 N–H and O–H groups in total. The first-order chi connectivity index (χ1) is 8.93. The highest BCUT2D eigenvalue weighted by Gasteiger charge is 2.14. The van der Waals surface area contributed by atoms with Gasteiger partial charge in [0.05, 0.1) is 0 Å². The Morgan fingerprint density at radius 1 is 1.11 bits per heavy atom. The summed E-state index contributed by atoms with van der Waals surface area (Å²) in [5.74, 6) is 1.27. The third-order valence-corrected chi connectivity index (χ3v) is 2.63. The smallest absolute Gasteiger partial charge is 0.181 e. The zero-order valence-corrected chi connectivity index (χ0v) is 9.64. The van der Waals surface area contributed by atoms with Crippen LogP contribution in [0.1, 0.15) is 18.3 Å². The predicted molar refractivity (Wildman–Crippen MR) is 68.0 cm³/mol. The van der Waals surface area contributed by atoms with E-state index in [1.165, 1.54) is 6.33 Å². The second-order valence-electron chi connectivity index (χ2n) is 3.86. The van der Waals surface area contributed by atoms with Gasteiger partial charge in [0.15, 0.2) is 11.6 Å². The van der Waals surface area contributed by atoms with E-state index in [0.29, 0.717) is 11.6 Å². The van der Waals surface area contributed by atoms with Crippen LogP contribution in [0.25, 0.3) is 11.5 Å². The summed E-state index contributed by atoms with van der Waals surface area (Å²) >= 11 is 0. The van der Waals surface area contributed by atoms with Gasteiger partial charge in [0, 0.05) is 12.4 Å². The molecule has 0 saturated heterocycles. The number of aliphatic imine (C=N–C) groups is 1. The first kappa shape index (κ1) is 10.7. The SMILES string of the molecule is C1=CCC(c2ncnc(-c3ccccn3)n2)N=C1. The lowest BCUT2D eigenvalue weighted by molar-refractivity contribution is 0.675. The Morgan fingerprint density at radius 2 is 2.11 bits per heavy atom. The Bertz CT molecular complexity index is 591. The Hall–Kier alpha value is -2.43. The zero-order chi connectivity index (χ0) is 12.2. The van der Waals surface area contributed by atoms with E-state index in [1.54, 1.807) is 12.4 Å². The summed E-state index contributed by atoms with van der Waals surface area (Å²) in [6.07, 6.45) is 9.82. The van der Waals surface area contributed by atoms with Gasteiger partial charge in [-0.1, -0.05) is 12.1 Å². The molecule has 2 aromatic rings. The molecule has 5 nitrogen and oxygen atoms in total. The predicted octanol–water partition coefficient (Wildman–Crippen LogP) is 2.01. The average Bonchev–Trinajstić information content (AvgIpc) is 2.49. The van der Waals surface area contributed by atoms with E-state index >= 15 is 0 Å². The van der Waals surface area contributed by atoms with Crippen molar-refractivity contribution in [3.8, 4) is 11.5 Å². The maximum atomic E-state index is 4.43. The molecule has 0 bridgehead atoms. The van der Waals surface area contributed by atoms with Crippen molar-refractivity contribution in [3.05, 3.63) is 48.7 Å². The van der Waals surface area contributed by atoms with Crippen LogP contribution in [0.2, 0.25) is 0 Å². The lowest BCUT2D eigenvalue weighted by atomic mass is 10.1. The molecule has 0 fully saturated rings. The minimum absolute atomic E-state index is 0.0135. The third kappa shape index (κ3) is 2.15. The average molecular weight is 237 g/mol. The number of hydrogen-bond donors (Lipinski definition) is 0. The summed E-state index contributed by atoms with van der Waals surface area (Å²) in [7, 11) is 0. The van der Waals surface area contributed by atoms with Crippen LogP contribution >= 0.6 is 0 Å². The van der Waals surface area contributed by atoms with Crippen LogP contribution in [0.3, 0.4) is 0 Å². The minimum atomic E-state index is -0.0135. The van der Waals surface area contributed by atoms with E-state index in [1.807, 2.05) is 24.3 Å². The van der Waals surface area contributed by atoms with Crippen LogP contribution in [0.5, 0.6) is 0 Å². The van der Waals surface area contributed by atoms with Gasteiger partial charge in [-0.2, -0.15) is 0 Å². The lowest BCUT2D eigenvalue weighted by Crippen LogP contribution is -2.06. The summed E-state index contributed by atoms with van der Waals surface area (Å²) in [6, 6.07) is 5.64. The fourth-order valence-corrected chi connectivity index (χ4v) is 1.74. The normalized spacial score (nSPS) is 17.9. The standard InChI is InChI=1S/C13H11N5/c1-3-7-14-10(5-1)12-16-9-17-13(18-12)11-6-2-4-8-15-11/h1-5,7-9,11H,6H2. The van der Waals surface area contributed by atoms with Crippen molar-refractivity contribution in [1.29, 1.82) is 0 Å². The summed E-state index contributed by atoms with van der Waals surface area (Å²) in [5, 5.41) is 0. The molecule has 1 aliphatic heterocycles. The van der Waals surface area contributed by atoms with E-state index in [9.17, 15) is 0 Å². The molecule has 3 rings (SSSR count). The molecule has 0 saturated carbocycles. The van der Waals surface area contributed by atoms with Crippen molar-refractivity contribution >= 4 is 6.21 Å². The van der Waals surface area contributed by atoms with E-state index in [0.717, 1.165) is 12.1 Å². The Labute approximate surface area is 104 Å². The largest absolute Gasteiger partial charge is 0.281 e. The fourth-order valence-electron chi connectivity index (χ4n) is 1.74. The molecule has 3 heterocycles. The molecule has 5 heteroatoms. The van der Waals surface area contributed by atoms with E-state index in [-0.39, 0.29) is 6.04 Å². The third-order valence-electron chi connectivity index (χ3n) is 2.63. The fraction of sp³-hybridized carbons (Fsp3) is 0.154. The van der Waals surface area contributed by atoms with Gasteiger partial charge in [-0.25, -0.2) is 15.0 Å². The molecule has 1 unspecified atom stereocenters. The van der Waals surface area contributed by atoms with Crippen LogP contribution in [0, 0.1) is 0 Å². The van der Waals surface area contributed by atoms with Crippen LogP contribution in [0.4, 0.5) is 0 Å². The van der Waals surface area contributed by atoms with Crippen LogP contribution in [-0.2, 0) is 0 Å². The molecular formula is C13H11N5. The Morgan fingerprint density at radius 3 is 2.89 bits per heavy atom. The van der Waals surface area contributed by atoms with Gasteiger partial charge in [-0.05, 0) is 24.6 Å². The monoisotopic (exact) mass is 237 g/mol. The Balaban J connectivity index is 1.94. The molecule has 0 aromatic carbocycles. The van der Waals surface area contributed by atoms with Crippen molar-refractivity contribution < 1.29 is 0 Å². The van der Waals surface area contributed by atoms with Gasteiger partial charge in [0.25, 0.3) is 0 Å². The summed E-state index contributed by atoms with van der Waals surface area (Å²) in [6.45, 7) is 0. The van der Waals surface area contributed by atoms with Crippen molar-refractivity contribution in [2.45, 2.75) is 12.5 Å². The van der Waals surface area contributed by atoms with Gasteiger partial charge in [-0.15, -0.1) is 0 Å². The van der Waals surface area contributed by atoms with Gasteiger partial charge in [-0.3, -0.25) is 9.98 Å². The number of hydrogen-bond acceptors (Lipinski definition) is 5. The maximum absolute atomic E-state index is 4.43. The zero-order valence-electron chi connectivity index (χ0n) is 9.64. The number of nitrogens with zero attached hydrogens (tertiary/aromatic N) is 5.